The van der Waals surface area contributed by atoms with Gasteiger partial charge in [0.1, 0.15) is 35.2 Å². The molecule has 0 amide bonds. The Labute approximate surface area is 129 Å². The molecule has 0 aliphatic heterocycles. The molecule has 2 heterocycles. The molecule has 114 valence electrons. The van der Waals surface area contributed by atoms with Crippen LogP contribution in [0.15, 0.2) is 30.6 Å². The van der Waals surface area contributed by atoms with Crippen molar-refractivity contribution in [2.24, 2.45) is 0 Å². The van der Waals surface area contributed by atoms with Crippen molar-refractivity contribution >= 4 is 28.4 Å². The highest BCUT2D eigenvalue weighted by Crippen LogP contribution is 2.30. The number of nitriles is 1. The second-order valence-electron chi connectivity index (χ2n) is 4.84. The number of nitro groups is 1. The second-order valence-corrected chi connectivity index (χ2v) is 4.84. The van der Waals surface area contributed by atoms with E-state index >= 15 is 0 Å². The number of fused-ring (bicyclic) bond motifs is 1. The van der Waals surface area contributed by atoms with E-state index in [1.807, 2.05) is 6.07 Å². The Kier molecular flexibility index (Phi) is 3.27. The fourth-order valence-electron chi connectivity index (χ4n) is 2.44. The number of hydrogen-bond acceptors (Lipinski definition) is 7. The molecule has 0 aliphatic carbocycles. The molecule has 0 spiro atoms. The van der Waals surface area contributed by atoms with Gasteiger partial charge in [-0.05, 0) is 5.56 Å². The molecule has 23 heavy (non-hydrogen) atoms. The minimum Gasteiger partial charge on any atom is -0.384 e. The Bertz CT molecular complexity index is 971. The predicted molar refractivity (Wildman–Crippen MR) is 83.3 cm³/mol. The first-order valence-electron chi connectivity index (χ1n) is 6.54. The summed E-state index contributed by atoms with van der Waals surface area (Å²) in [5.74, 6) is 0.359. The number of aromatic nitrogens is 3. The number of nitrogens with zero attached hydrogens (tertiary/aromatic N) is 5. The number of hydrogen-bond donors (Lipinski definition) is 2. The van der Waals surface area contributed by atoms with E-state index in [1.54, 1.807) is 16.7 Å². The third-order valence-corrected chi connectivity index (χ3v) is 3.48. The summed E-state index contributed by atoms with van der Waals surface area (Å²) in [4.78, 5) is 18.4. The zero-order valence-corrected chi connectivity index (χ0v) is 11.8. The topological polar surface area (TPSA) is 150 Å². The SMILES string of the molecule is N#Cc1c(N)n(Cc2cccc([N+](=O)[O-])c2)c2ncnc(N)c12. The zero-order chi connectivity index (χ0) is 16.6. The van der Waals surface area contributed by atoms with Crippen LogP contribution in [0.25, 0.3) is 11.0 Å². The highest BCUT2D eigenvalue weighted by Gasteiger charge is 2.19. The van der Waals surface area contributed by atoms with Crippen LogP contribution < -0.4 is 11.5 Å². The average molecular weight is 309 g/mol. The van der Waals surface area contributed by atoms with Gasteiger partial charge in [-0.3, -0.25) is 10.1 Å². The first-order chi connectivity index (χ1) is 11.0. The monoisotopic (exact) mass is 309 g/mol. The van der Waals surface area contributed by atoms with E-state index in [9.17, 15) is 15.4 Å². The summed E-state index contributed by atoms with van der Waals surface area (Å²) < 4.78 is 1.59. The molecular formula is C14H11N7O2. The van der Waals surface area contributed by atoms with Crippen molar-refractivity contribution in [2.75, 3.05) is 11.5 Å². The molecule has 0 fully saturated rings. The van der Waals surface area contributed by atoms with Crippen molar-refractivity contribution < 1.29 is 4.92 Å². The van der Waals surface area contributed by atoms with Crippen molar-refractivity contribution in [3.63, 3.8) is 0 Å². The molecule has 0 radical (unpaired) electrons. The first-order valence-corrected chi connectivity index (χ1v) is 6.54. The summed E-state index contributed by atoms with van der Waals surface area (Å²) in [7, 11) is 0. The molecule has 0 atom stereocenters. The van der Waals surface area contributed by atoms with Crippen molar-refractivity contribution in [2.45, 2.75) is 6.54 Å². The van der Waals surface area contributed by atoms with Gasteiger partial charge >= 0.3 is 0 Å². The quantitative estimate of drug-likeness (QED) is 0.548. The van der Waals surface area contributed by atoms with E-state index in [0.29, 0.717) is 16.6 Å². The third kappa shape index (κ3) is 2.28. The van der Waals surface area contributed by atoms with E-state index in [-0.39, 0.29) is 29.4 Å². The Hall–Kier alpha value is -3.67. The molecule has 9 heteroatoms. The van der Waals surface area contributed by atoms with Crippen LogP contribution in [0.4, 0.5) is 17.3 Å². The Morgan fingerprint density at radius 2 is 2.13 bits per heavy atom. The summed E-state index contributed by atoms with van der Waals surface area (Å²) in [5.41, 5.74) is 13.1. The van der Waals surface area contributed by atoms with Crippen LogP contribution in [0, 0.1) is 21.4 Å². The highest BCUT2D eigenvalue weighted by molar-refractivity contribution is 5.96. The van der Waals surface area contributed by atoms with Gasteiger partial charge in [0.2, 0.25) is 0 Å². The van der Waals surface area contributed by atoms with Gasteiger partial charge in [0, 0.05) is 12.1 Å². The van der Waals surface area contributed by atoms with Crippen molar-refractivity contribution in [1.29, 1.82) is 5.26 Å². The molecule has 0 unspecified atom stereocenters. The number of nitro benzene ring substituents is 1. The summed E-state index contributed by atoms with van der Waals surface area (Å²) in [5, 5.41) is 20.6. The Morgan fingerprint density at radius 1 is 1.35 bits per heavy atom. The van der Waals surface area contributed by atoms with Gasteiger partial charge in [0.25, 0.3) is 5.69 Å². The first kappa shape index (κ1) is 14.3. The molecule has 9 nitrogen and oxygen atoms in total. The van der Waals surface area contributed by atoms with Gasteiger partial charge in [-0.15, -0.1) is 0 Å². The number of anilines is 2. The zero-order valence-electron chi connectivity index (χ0n) is 11.8. The van der Waals surface area contributed by atoms with Crippen molar-refractivity contribution in [1.82, 2.24) is 14.5 Å². The fraction of sp³-hybridized carbons (Fsp3) is 0.0714. The lowest BCUT2D eigenvalue weighted by molar-refractivity contribution is -0.384. The van der Waals surface area contributed by atoms with Gasteiger partial charge < -0.3 is 16.0 Å². The molecule has 0 saturated carbocycles. The summed E-state index contributed by atoms with van der Waals surface area (Å²) >= 11 is 0. The lowest BCUT2D eigenvalue weighted by atomic mass is 10.2. The van der Waals surface area contributed by atoms with Crippen LogP contribution in [-0.4, -0.2) is 19.5 Å². The molecule has 0 aliphatic rings. The number of nitrogen functional groups attached to an aromatic ring is 2. The van der Waals surface area contributed by atoms with E-state index < -0.39 is 4.92 Å². The fourth-order valence-corrected chi connectivity index (χ4v) is 2.44. The van der Waals surface area contributed by atoms with Crippen LogP contribution >= 0.6 is 0 Å². The van der Waals surface area contributed by atoms with Gasteiger partial charge in [0.05, 0.1) is 16.9 Å². The van der Waals surface area contributed by atoms with Gasteiger partial charge in [-0.25, -0.2) is 9.97 Å². The predicted octanol–water partition coefficient (Wildman–Crippen LogP) is 1.42. The number of non-ortho nitro benzene ring substituents is 1. The van der Waals surface area contributed by atoms with Crippen LogP contribution in [0.2, 0.25) is 0 Å². The third-order valence-electron chi connectivity index (χ3n) is 3.48. The van der Waals surface area contributed by atoms with Gasteiger partial charge in [-0.1, -0.05) is 12.1 Å². The molecular weight excluding hydrogens is 298 g/mol. The standard InChI is InChI=1S/C14H11N7O2/c15-5-10-11-12(16)18-7-19-14(11)20(13(10)17)6-8-2-1-3-9(4-8)21(22)23/h1-4,7H,6,17H2,(H2,16,18,19). The van der Waals surface area contributed by atoms with Crippen LogP contribution in [0.3, 0.4) is 0 Å². The minimum absolute atomic E-state index is 0.0211. The average Bonchev–Trinajstić information content (AvgIpc) is 2.81. The Balaban J connectivity index is 2.16. The highest BCUT2D eigenvalue weighted by atomic mass is 16.6. The lowest BCUT2D eigenvalue weighted by Crippen LogP contribution is -2.06. The van der Waals surface area contributed by atoms with Crippen LogP contribution in [0.5, 0.6) is 0 Å². The molecule has 3 aromatic rings. The second kappa shape index (κ2) is 5.27. The van der Waals surface area contributed by atoms with Crippen molar-refractivity contribution in [3.05, 3.63) is 51.8 Å². The normalized spacial score (nSPS) is 10.6. The van der Waals surface area contributed by atoms with Crippen LogP contribution in [-0.2, 0) is 6.54 Å². The van der Waals surface area contributed by atoms with Crippen molar-refractivity contribution in [3.8, 4) is 6.07 Å². The molecule has 0 bridgehead atoms. The number of benzene rings is 1. The van der Waals surface area contributed by atoms with E-state index in [0.717, 1.165) is 0 Å². The summed E-state index contributed by atoms with van der Waals surface area (Å²) in [6.07, 6.45) is 1.28. The van der Waals surface area contributed by atoms with Gasteiger partial charge in [0.15, 0.2) is 0 Å². The maximum Gasteiger partial charge on any atom is 0.269 e. The number of rotatable bonds is 3. The van der Waals surface area contributed by atoms with E-state index in [2.05, 4.69) is 9.97 Å². The smallest absolute Gasteiger partial charge is 0.269 e. The Morgan fingerprint density at radius 3 is 2.83 bits per heavy atom. The largest absolute Gasteiger partial charge is 0.384 e. The maximum atomic E-state index is 10.9. The minimum atomic E-state index is -0.471. The lowest BCUT2D eigenvalue weighted by Gasteiger charge is -2.07. The molecule has 1 aromatic carbocycles. The van der Waals surface area contributed by atoms with E-state index in [4.69, 9.17) is 11.5 Å². The molecule has 3 rings (SSSR count). The maximum absolute atomic E-state index is 10.9. The van der Waals surface area contributed by atoms with Crippen LogP contribution in [0.1, 0.15) is 11.1 Å². The summed E-state index contributed by atoms with van der Waals surface area (Å²) in [6, 6.07) is 8.17. The van der Waals surface area contributed by atoms with E-state index in [1.165, 1.54) is 18.5 Å². The molecule has 2 aromatic heterocycles. The summed E-state index contributed by atoms with van der Waals surface area (Å²) in [6.45, 7) is 0.224. The molecule has 4 N–H and O–H groups in total. The molecule has 0 saturated heterocycles. The number of nitrogens with two attached hydrogens (primary N) is 2. The van der Waals surface area contributed by atoms with Gasteiger partial charge in [-0.2, -0.15) is 5.26 Å².